The summed E-state index contributed by atoms with van der Waals surface area (Å²) in [6.07, 6.45) is -6.18. The van der Waals surface area contributed by atoms with Crippen LogP contribution < -0.4 is 5.43 Å². The van der Waals surface area contributed by atoms with Crippen LogP contribution in [-0.2, 0) is 20.7 Å². The molecule has 2 aromatic carbocycles. The van der Waals surface area contributed by atoms with E-state index < -0.39 is 60.4 Å². The smallest absolute Gasteiger partial charge is 0.331 e. The summed E-state index contributed by atoms with van der Waals surface area (Å²) in [7, 11) is 0. The van der Waals surface area contributed by atoms with Crippen molar-refractivity contribution in [1.29, 1.82) is 0 Å². The standard InChI is InChI=1S/C28H30O11/c1-13-9-18(32)23(26-22(13)19(33)11-17(37-26)10-14(2)30)27-28(25(36)24(35)20(12-29)38-27)39-21(34)8-5-15-3-6-16(31)7-4-15/h3-9,11,14,20,24-25,27-32,35-36H,10,12H2,1-2H3/b8-5+/t14-,20-,24-,25+,27-,28-/m1/s1. The molecule has 0 saturated carbocycles. The summed E-state index contributed by atoms with van der Waals surface area (Å²) in [5.41, 5.74) is 0.249. The monoisotopic (exact) mass is 542 g/mol. The van der Waals surface area contributed by atoms with Crippen LogP contribution in [0.5, 0.6) is 11.5 Å². The van der Waals surface area contributed by atoms with E-state index in [2.05, 4.69) is 0 Å². The van der Waals surface area contributed by atoms with Crippen LogP contribution in [0.25, 0.3) is 17.0 Å². The van der Waals surface area contributed by atoms with Crippen molar-refractivity contribution in [2.45, 2.75) is 56.9 Å². The van der Waals surface area contributed by atoms with Gasteiger partial charge in [-0.25, -0.2) is 4.79 Å². The molecule has 0 unspecified atom stereocenters. The lowest BCUT2D eigenvalue weighted by Gasteiger charge is -2.42. The second kappa shape index (κ2) is 11.6. The Balaban J connectivity index is 1.79. The van der Waals surface area contributed by atoms with Gasteiger partial charge >= 0.3 is 5.97 Å². The Labute approximate surface area is 222 Å². The number of esters is 1. The molecule has 0 spiro atoms. The lowest BCUT2D eigenvalue weighted by atomic mass is 9.89. The molecule has 0 bridgehead atoms. The molecule has 1 saturated heterocycles. The molecule has 6 atom stereocenters. The predicted octanol–water partition coefficient (Wildman–Crippen LogP) is 1.22. The van der Waals surface area contributed by atoms with Crippen molar-refractivity contribution in [3.05, 3.63) is 75.1 Å². The Morgan fingerprint density at radius 3 is 2.46 bits per heavy atom. The summed E-state index contributed by atoms with van der Waals surface area (Å²) in [5.74, 6) is -1.17. The molecular formula is C28H30O11. The zero-order valence-corrected chi connectivity index (χ0v) is 21.2. The van der Waals surface area contributed by atoms with Gasteiger partial charge in [0.05, 0.1) is 23.7 Å². The third kappa shape index (κ3) is 5.97. The first-order chi connectivity index (χ1) is 18.5. The van der Waals surface area contributed by atoms with E-state index in [4.69, 9.17) is 13.9 Å². The van der Waals surface area contributed by atoms with Gasteiger partial charge in [-0.05, 0) is 49.2 Å². The number of phenols is 2. The first kappa shape index (κ1) is 28.3. The summed E-state index contributed by atoms with van der Waals surface area (Å²) in [5, 5.41) is 61.5. The van der Waals surface area contributed by atoms with E-state index >= 15 is 0 Å². The molecule has 1 aromatic heterocycles. The Bertz CT molecular complexity index is 1420. The summed E-state index contributed by atoms with van der Waals surface area (Å²) in [4.78, 5) is 25.7. The third-order valence-corrected chi connectivity index (χ3v) is 6.47. The molecule has 11 nitrogen and oxygen atoms in total. The number of ether oxygens (including phenoxy) is 2. The van der Waals surface area contributed by atoms with Gasteiger partial charge in [-0.1, -0.05) is 12.1 Å². The number of aliphatic hydroxyl groups is 4. The number of fused-ring (bicyclic) bond motifs is 1. The van der Waals surface area contributed by atoms with Gasteiger partial charge in [0.2, 0.25) is 0 Å². The molecular weight excluding hydrogens is 512 g/mol. The van der Waals surface area contributed by atoms with Crippen LogP contribution in [0.2, 0.25) is 0 Å². The van der Waals surface area contributed by atoms with Crippen molar-refractivity contribution in [2.75, 3.05) is 6.61 Å². The molecule has 1 fully saturated rings. The summed E-state index contributed by atoms with van der Waals surface area (Å²) < 4.78 is 17.2. The summed E-state index contributed by atoms with van der Waals surface area (Å²) in [6.45, 7) is 2.38. The van der Waals surface area contributed by atoms with Gasteiger partial charge in [0.15, 0.2) is 11.5 Å². The number of aryl methyl sites for hydroxylation is 1. The van der Waals surface area contributed by atoms with E-state index in [0.29, 0.717) is 11.1 Å². The average Bonchev–Trinajstić information content (AvgIpc) is 2.86. The van der Waals surface area contributed by atoms with Crippen molar-refractivity contribution in [3.8, 4) is 11.5 Å². The average molecular weight is 543 g/mol. The summed E-state index contributed by atoms with van der Waals surface area (Å²) >= 11 is 0. The fraction of sp³-hybridized carbons (Fsp3) is 0.357. The minimum Gasteiger partial charge on any atom is -0.508 e. The van der Waals surface area contributed by atoms with Crippen LogP contribution in [0.4, 0.5) is 0 Å². The molecule has 1 aliphatic rings. The maximum Gasteiger partial charge on any atom is 0.331 e. The normalized spacial score (nSPS) is 24.2. The van der Waals surface area contributed by atoms with Crippen molar-refractivity contribution in [2.24, 2.45) is 0 Å². The molecule has 6 N–H and O–H groups in total. The van der Waals surface area contributed by atoms with Crippen molar-refractivity contribution in [1.82, 2.24) is 0 Å². The van der Waals surface area contributed by atoms with Crippen molar-refractivity contribution in [3.63, 3.8) is 0 Å². The van der Waals surface area contributed by atoms with Crippen LogP contribution >= 0.6 is 0 Å². The van der Waals surface area contributed by atoms with Gasteiger partial charge in [0.1, 0.15) is 47.3 Å². The van der Waals surface area contributed by atoms with Crippen LogP contribution in [-0.4, -0.2) is 73.7 Å². The van der Waals surface area contributed by atoms with Crippen LogP contribution in [0.3, 0.4) is 0 Å². The van der Waals surface area contributed by atoms with Crippen molar-refractivity contribution >= 4 is 23.0 Å². The van der Waals surface area contributed by atoms with Gasteiger partial charge in [-0.3, -0.25) is 4.79 Å². The van der Waals surface area contributed by atoms with E-state index in [1.807, 2.05) is 0 Å². The maximum atomic E-state index is 13.0. The number of benzene rings is 2. The van der Waals surface area contributed by atoms with Gasteiger partial charge < -0.3 is 44.5 Å². The first-order valence-electron chi connectivity index (χ1n) is 12.3. The Hall–Kier alpha value is -3.74. The zero-order valence-electron chi connectivity index (χ0n) is 21.2. The Morgan fingerprint density at radius 1 is 1.13 bits per heavy atom. The fourth-order valence-corrected chi connectivity index (χ4v) is 4.62. The van der Waals surface area contributed by atoms with Crippen LogP contribution in [0, 0.1) is 6.92 Å². The second-order valence-electron chi connectivity index (χ2n) is 9.55. The number of aliphatic hydroxyl groups excluding tert-OH is 4. The fourth-order valence-electron chi connectivity index (χ4n) is 4.62. The molecule has 0 aliphatic carbocycles. The largest absolute Gasteiger partial charge is 0.508 e. The highest BCUT2D eigenvalue weighted by atomic mass is 16.6. The minimum absolute atomic E-state index is 0.00801. The lowest BCUT2D eigenvalue weighted by Crippen LogP contribution is -2.56. The molecule has 0 radical (unpaired) electrons. The molecule has 208 valence electrons. The van der Waals surface area contributed by atoms with Gasteiger partial charge in [-0.15, -0.1) is 0 Å². The topological polar surface area (TPSA) is 187 Å². The number of rotatable bonds is 7. The lowest BCUT2D eigenvalue weighted by molar-refractivity contribution is -0.239. The van der Waals surface area contributed by atoms with E-state index in [1.54, 1.807) is 19.1 Å². The van der Waals surface area contributed by atoms with E-state index in [9.17, 15) is 40.2 Å². The quantitative estimate of drug-likeness (QED) is 0.186. The predicted molar refractivity (Wildman–Crippen MR) is 138 cm³/mol. The number of phenolic OH excluding ortho intramolecular Hbond substituents is 2. The number of carbonyl (C=O) groups excluding carboxylic acids is 1. The molecule has 0 amide bonds. The molecule has 3 aromatic rings. The van der Waals surface area contributed by atoms with E-state index in [0.717, 1.165) is 6.08 Å². The van der Waals surface area contributed by atoms with Gasteiger partial charge in [-0.2, -0.15) is 0 Å². The molecule has 4 rings (SSSR count). The molecule has 11 heteroatoms. The zero-order chi connectivity index (χ0) is 28.4. The van der Waals surface area contributed by atoms with Crippen LogP contribution in [0.1, 0.15) is 35.5 Å². The minimum atomic E-state index is -1.75. The SMILES string of the molecule is Cc1cc(O)c([C@H]2O[C@H](CO)[C@@H](O)[C@H](O)[C@H]2OC(=O)/C=C/c2ccc(O)cc2)c2oc(C[C@@H](C)O)cc(=O)c12. The van der Waals surface area contributed by atoms with Crippen molar-refractivity contribution < 1.29 is 49.3 Å². The van der Waals surface area contributed by atoms with Gasteiger partial charge in [0, 0.05) is 18.6 Å². The highest BCUT2D eigenvalue weighted by molar-refractivity contribution is 5.88. The number of hydrogen-bond donors (Lipinski definition) is 6. The van der Waals surface area contributed by atoms with Crippen LogP contribution in [0.15, 0.2) is 51.7 Å². The highest BCUT2D eigenvalue weighted by Gasteiger charge is 2.48. The third-order valence-electron chi connectivity index (χ3n) is 6.47. The maximum absolute atomic E-state index is 13.0. The Kier molecular flexibility index (Phi) is 8.38. The van der Waals surface area contributed by atoms with E-state index in [1.165, 1.54) is 37.3 Å². The molecule has 39 heavy (non-hydrogen) atoms. The highest BCUT2D eigenvalue weighted by Crippen LogP contribution is 2.42. The second-order valence-corrected chi connectivity index (χ2v) is 9.55. The number of hydrogen-bond acceptors (Lipinski definition) is 11. The summed E-state index contributed by atoms with van der Waals surface area (Å²) in [6, 6.07) is 8.48. The molecule has 2 heterocycles. The van der Waals surface area contributed by atoms with Gasteiger partial charge in [0.25, 0.3) is 0 Å². The Morgan fingerprint density at radius 2 is 1.82 bits per heavy atom. The number of carbonyl (C=O) groups is 1. The van der Waals surface area contributed by atoms with E-state index in [-0.39, 0.29) is 34.5 Å². The first-order valence-corrected chi connectivity index (χ1v) is 12.3. The molecule has 1 aliphatic heterocycles. The number of aromatic hydroxyl groups is 2.